The number of carbonyl (C=O) groups excluding carboxylic acids is 2. The van der Waals surface area contributed by atoms with Gasteiger partial charge in [-0.2, -0.15) is 0 Å². The summed E-state index contributed by atoms with van der Waals surface area (Å²) >= 11 is 0. The minimum absolute atomic E-state index is 0.153. The van der Waals surface area contributed by atoms with Crippen molar-refractivity contribution >= 4 is 34.5 Å². The lowest BCUT2D eigenvalue weighted by atomic mass is 10.1. The van der Waals surface area contributed by atoms with E-state index in [2.05, 4.69) is 30.4 Å². The van der Waals surface area contributed by atoms with Gasteiger partial charge in [0.2, 0.25) is 0 Å². The molecule has 0 radical (unpaired) electrons. The number of likely N-dealkylation sites (N-methyl/N-ethyl adjacent to an activating group) is 1. The summed E-state index contributed by atoms with van der Waals surface area (Å²) in [6, 6.07) is 11.5. The third-order valence-electron chi connectivity index (χ3n) is 5.53. The van der Waals surface area contributed by atoms with Gasteiger partial charge in [0.25, 0.3) is 5.91 Å². The van der Waals surface area contributed by atoms with Crippen LogP contribution < -0.4 is 10.5 Å². The summed E-state index contributed by atoms with van der Waals surface area (Å²) in [4.78, 5) is 29.8. The first-order valence-corrected chi connectivity index (χ1v) is 10.0. The van der Waals surface area contributed by atoms with E-state index < -0.39 is 0 Å². The lowest BCUT2D eigenvalue weighted by molar-refractivity contribution is -0.885. The largest absolute Gasteiger partial charge is 0.398 e. The van der Waals surface area contributed by atoms with E-state index in [9.17, 15) is 14.8 Å². The Kier molecular flexibility index (Phi) is 6.71. The third-order valence-corrected chi connectivity index (χ3v) is 5.53. The van der Waals surface area contributed by atoms with Crippen LogP contribution in [0.4, 0.5) is 5.69 Å². The van der Waals surface area contributed by atoms with Crippen LogP contribution in [0.5, 0.6) is 0 Å². The van der Waals surface area contributed by atoms with Crippen LogP contribution in [0.2, 0.25) is 0 Å². The van der Waals surface area contributed by atoms with Crippen molar-refractivity contribution in [1.82, 2.24) is 14.8 Å². The molecule has 0 bridgehead atoms. The first kappa shape index (κ1) is 22.0. The van der Waals surface area contributed by atoms with Crippen molar-refractivity contribution < 1.29 is 19.5 Å². The standard InChI is InChI=1S/C13H18N2O.C10H9N3O2/c1-11-10-15(9-8-14(11)2)13(16)12-6-4-3-5-7-12;1-6(5-14)7-4-12-10-9(7)8(11)2-3-13(10)15/h3-7,11H,8-10H2,1-2H3;2-5,15H,1H2,(H2,11,12)/p+1/t11-;/m1./s1. The van der Waals surface area contributed by atoms with E-state index in [1.807, 2.05) is 35.2 Å². The fraction of sp³-hybridized carbons (Fsp3) is 0.261. The van der Waals surface area contributed by atoms with Crippen LogP contribution in [0.15, 0.2) is 55.4 Å². The summed E-state index contributed by atoms with van der Waals surface area (Å²) in [7, 11) is 2.11. The molecule has 0 aliphatic carbocycles. The summed E-state index contributed by atoms with van der Waals surface area (Å²) in [5.41, 5.74) is 8.39. The van der Waals surface area contributed by atoms with Crippen molar-refractivity contribution in [3.63, 3.8) is 0 Å². The average molecular weight is 423 g/mol. The number of nitrogen functional groups attached to an aromatic ring is 1. The molecule has 0 spiro atoms. The average Bonchev–Trinajstić information content (AvgIpc) is 3.25. The molecule has 3 heterocycles. The Morgan fingerprint density at radius 3 is 2.65 bits per heavy atom. The highest BCUT2D eigenvalue weighted by atomic mass is 16.5. The number of anilines is 1. The van der Waals surface area contributed by atoms with Gasteiger partial charge in [0, 0.05) is 48.4 Å². The van der Waals surface area contributed by atoms with Gasteiger partial charge in [-0.1, -0.05) is 29.5 Å². The molecular weight excluding hydrogens is 394 g/mol. The maximum atomic E-state index is 12.2. The van der Waals surface area contributed by atoms with Crippen LogP contribution in [0, 0.1) is 0 Å². The number of piperazine rings is 1. The van der Waals surface area contributed by atoms with Crippen LogP contribution in [0.1, 0.15) is 22.8 Å². The van der Waals surface area contributed by atoms with Gasteiger partial charge < -0.3 is 20.7 Å². The molecule has 4 rings (SSSR count). The second-order valence-corrected chi connectivity index (χ2v) is 7.63. The summed E-state index contributed by atoms with van der Waals surface area (Å²) in [6.07, 6.45) is 3.66. The Morgan fingerprint density at radius 2 is 2.00 bits per heavy atom. The van der Waals surface area contributed by atoms with Gasteiger partial charge in [0.15, 0.2) is 0 Å². The molecule has 0 unspecified atom stereocenters. The zero-order chi connectivity index (χ0) is 22.5. The van der Waals surface area contributed by atoms with Crippen LogP contribution in [-0.4, -0.2) is 64.9 Å². The Morgan fingerprint density at radius 1 is 1.29 bits per heavy atom. The molecule has 3 aromatic rings. The molecule has 1 atom stereocenters. The Bertz CT molecular complexity index is 1090. The molecule has 4 N–H and O–H groups in total. The Hall–Kier alpha value is -3.65. The van der Waals surface area contributed by atoms with Gasteiger partial charge in [0.05, 0.1) is 11.9 Å². The molecule has 31 heavy (non-hydrogen) atoms. The van der Waals surface area contributed by atoms with E-state index in [-0.39, 0.29) is 5.91 Å². The normalized spacial score (nSPS) is 16.5. The predicted octanol–water partition coefficient (Wildman–Crippen LogP) is 1.95. The topological polar surface area (TPSA) is 107 Å². The van der Waals surface area contributed by atoms with Crippen LogP contribution in [-0.2, 0) is 4.79 Å². The number of nitrogens with two attached hydrogens (primary N) is 1. The van der Waals surface area contributed by atoms with Gasteiger partial charge in [-0.15, -0.1) is 0 Å². The quantitative estimate of drug-likeness (QED) is 0.259. The molecular formula is C23H28N5O3+. The number of hydrogen-bond acceptors (Lipinski definition) is 5. The van der Waals surface area contributed by atoms with E-state index in [0.29, 0.717) is 40.2 Å². The number of aldehydes is 1. The zero-order valence-electron chi connectivity index (χ0n) is 17.8. The maximum absolute atomic E-state index is 12.2. The number of hydrogen-bond donors (Lipinski definition) is 3. The number of pyridine rings is 1. The minimum Gasteiger partial charge on any atom is -0.398 e. The molecule has 8 heteroatoms. The Labute approximate surface area is 181 Å². The van der Waals surface area contributed by atoms with Crippen molar-refractivity contribution in [2.24, 2.45) is 0 Å². The fourth-order valence-corrected chi connectivity index (χ4v) is 3.51. The van der Waals surface area contributed by atoms with Gasteiger partial charge in [-0.05, 0) is 26.1 Å². The molecule has 162 valence electrons. The second kappa shape index (κ2) is 9.44. The molecule has 2 aromatic heterocycles. The van der Waals surface area contributed by atoms with E-state index >= 15 is 0 Å². The number of benzene rings is 1. The van der Waals surface area contributed by atoms with E-state index in [0.717, 1.165) is 29.9 Å². The summed E-state index contributed by atoms with van der Waals surface area (Å²) in [6.45, 7) is 8.37. The third kappa shape index (κ3) is 4.75. The summed E-state index contributed by atoms with van der Waals surface area (Å²) in [5.74, 6) is 0.153. The number of nitrogens with one attached hydrogen (secondary N) is 1. The van der Waals surface area contributed by atoms with E-state index in [1.54, 1.807) is 12.3 Å². The summed E-state index contributed by atoms with van der Waals surface area (Å²) < 4.78 is 0.910. The predicted molar refractivity (Wildman–Crippen MR) is 120 cm³/mol. The number of allylic oxidation sites excluding steroid dienone is 1. The highest BCUT2D eigenvalue weighted by molar-refractivity contribution is 6.13. The second-order valence-electron chi connectivity index (χ2n) is 7.63. The highest BCUT2D eigenvalue weighted by Gasteiger charge is 2.24. The van der Waals surface area contributed by atoms with Crippen molar-refractivity contribution in [2.75, 3.05) is 32.4 Å². The van der Waals surface area contributed by atoms with E-state index in [4.69, 9.17) is 5.73 Å². The first-order chi connectivity index (χ1) is 14.8. The number of fused-ring (bicyclic) bond motifs is 1. The SMILES string of the molecule is C=C(C=O)c1c[nH]c2c1c(N)cc[n+]2O.C[C@@H]1CN(C(=O)c2ccccc2)CCN1C. The smallest absolute Gasteiger partial charge is 0.328 e. The molecule has 1 fully saturated rings. The molecule has 1 aliphatic heterocycles. The number of nitrogens with zero attached hydrogens (tertiary/aromatic N) is 3. The van der Waals surface area contributed by atoms with Gasteiger partial charge in [-0.3, -0.25) is 9.59 Å². The molecule has 1 aromatic carbocycles. The molecule has 8 nitrogen and oxygen atoms in total. The monoisotopic (exact) mass is 422 g/mol. The van der Waals surface area contributed by atoms with Crippen LogP contribution in [0.3, 0.4) is 0 Å². The van der Waals surface area contributed by atoms with Crippen molar-refractivity contribution in [3.05, 3.63) is 66.5 Å². The molecule has 1 aliphatic rings. The van der Waals surface area contributed by atoms with Crippen LogP contribution >= 0.6 is 0 Å². The number of carbonyl (C=O) groups is 2. The van der Waals surface area contributed by atoms with Gasteiger partial charge >= 0.3 is 5.65 Å². The molecule has 1 amide bonds. The summed E-state index contributed by atoms with van der Waals surface area (Å²) in [5, 5.41) is 10.1. The number of aromatic amines is 1. The van der Waals surface area contributed by atoms with Crippen LogP contribution in [0.25, 0.3) is 16.6 Å². The van der Waals surface area contributed by atoms with Gasteiger partial charge in [0.1, 0.15) is 17.9 Å². The lowest BCUT2D eigenvalue weighted by Gasteiger charge is -2.37. The number of H-pyrrole nitrogens is 1. The van der Waals surface area contributed by atoms with Gasteiger partial charge in [-0.25, -0.2) is 4.98 Å². The molecule has 0 saturated carbocycles. The molecule has 1 saturated heterocycles. The zero-order valence-corrected chi connectivity index (χ0v) is 17.8. The van der Waals surface area contributed by atoms with Crippen molar-refractivity contribution in [2.45, 2.75) is 13.0 Å². The number of rotatable bonds is 3. The van der Waals surface area contributed by atoms with Crippen molar-refractivity contribution in [1.29, 1.82) is 0 Å². The fourth-order valence-electron chi connectivity index (χ4n) is 3.51. The number of aromatic nitrogens is 2. The van der Waals surface area contributed by atoms with Crippen molar-refractivity contribution in [3.8, 4) is 0 Å². The lowest BCUT2D eigenvalue weighted by Crippen LogP contribution is -2.51. The first-order valence-electron chi connectivity index (χ1n) is 10.0. The Balaban J connectivity index is 0.000000176. The minimum atomic E-state index is 0.153. The number of amides is 1. The van der Waals surface area contributed by atoms with E-state index in [1.165, 1.54) is 6.20 Å². The highest BCUT2D eigenvalue weighted by Crippen LogP contribution is 2.25. The maximum Gasteiger partial charge on any atom is 0.328 e.